The molecule has 2 atom stereocenters. The molecule has 1 amide bonds. The Kier molecular flexibility index (Phi) is 4.93. The molecule has 0 saturated heterocycles. The number of nitrogens with one attached hydrogen (secondary N) is 2. The Morgan fingerprint density at radius 3 is 2.77 bits per heavy atom. The summed E-state index contributed by atoms with van der Waals surface area (Å²) in [6.45, 7) is 6.95. The average Bonchev–Trinajstić information content (AvgIpc) is 3.38. The van der Waals surface area contributed by atoms with Crippen molar-refractivity contribution in [1.82, 2.24) is 5.32 Å². The van der Waals surface area contributed by atoms with Crippen LogP contribution in [0.2, 0.25) is 0 Å². The van der Waals surface area contributed by atoms with E-state index in [1.807, 2.05) is 0 Å². The second-order valence-corrected chi connectivity index (χ2v) is 10.3. The van der Waals surface area contributed by atoms with Gasteiger partial charge in [0.1, 0.15) is 22.3 Å². The third-order valence-corrected chi connectivity index (χ3v) is 8.30. The zero-order chi connectivity index (χ0) is 21.8. The first kappa shape index (κ1) is 20.3. The van der Waals surface area contributed by atoms with Crippen molar-refractivity contribution in [3.05, 3.63) is 64.0 Å². The Labute approximate surface area is 185 Å². The van der Waals surface area contributed by atoms with Crippen molar-refractivity contribution in [2.24, 2.45) is 11.3 Å². The lowest BCUT2D eigenvalue weighted by atomic mass is 9.69. The molecule has 6 heteroatoms. The van der Waals surface area contributed by atoms with Gasteiger partial charge in [0.05, 0.1) is 11.1 Å². The first-order valence-electron chi connectivity index (χ1n) is 10.9. The number of rotatable bonds is 4. The van der Waals surface area contributed by atoms with Gasteiger partial charge in [0.15, 0.2) is 6.17 Å². The normalized spacial score (nSPS) is 20.6. The van der Waals surface area contributed by atoms with E-state index in [0.717, 1.165) is 36.2 Å². The van der Waals surface area contributed by atoms with Crippen LogP contribution in [0, 0.1) is 17.2 Å². The number of carbonyl (C=O) groups is 1. The summed E-state index contributed by atoms with van der Waals surface area (Å²) >= 11 is 1.70. The fourth-order valence-corrected chi connectivity index (χ4v) is 6.06. The van der Waals surface area contributed by atoms with Crippen LogP contribution in [-0.2, 0) is 12.8 Å². The summed E-state index contributed by atoms with van der Waals surface area (Å²) in [6, 6.07) is 10.1. The molecule has 3 heterocycles. The summed E-state index contributed by atoms with van der Waals surface area (Å²) in [5, 5.41) is 7.39. The summed E-state index contributed by atoms with van der Waals surface area (Å²) < 4.78 is 20.0. The molecule has 0 radical (unpaired) electrons. The number of amides is 1. The van der Waals surface area contributed by atoms with Crippen molar-refractivity contribution >= 4 is 22.2 Å². The van der Waals surface area contributed by atoms with Gasteiger partial charge in [0.25, 0.3) is 5.91 Å². The SMILES string of the molecule is CCC(C)(C)C1CCc2c(sc3c2C(=O)NC(c2ccc(-c4ccccc4F)o2)N3)C1. The molecule has 162 valence electrons. The minimum Gasteiger partial charge on any atom is -0.457 e. The van der Waals surface area contributed by atoms with E-state index in [2.05, 4.69) is 31.4 Å². The topological polar surface area (TPSA) is 54.3 Å². The van der Waals surface area contributed by atoms with Crippen LogP contribution < -0.4 is 10.6 Å². The Bertz CT molecular complexity index is 1150. The summed E-state index contributed by atoms with van der Waals surface area (Å²) in [5.74, 6) is 1.26. The smallest absolute Gasteiger partial charge is 0.256 e. The van der Waals surface area contributed by atoms with Gasteiger partial charge in [-0.1, -0.05) is 39.3 Å². The van der Waals surface area contributed by atoms with Gasteiger partial charge in [-0.05, 0) is 60.4 Å². The number of furan rings is 1. The minimum atomic E-state index is -0.469. The molecule has 1 aliphatic carbocycles. The van der Waals surface area contributed by atoms with E-state index in [1.165, 1.54) is 16.5 Å². The van der Waals surface area contributed by atoms with E-state index in [1.54, 1.807) is 41.7 Å². The van der Waals surface area contributed by atoms with Gasteiger partial charge in [-0.3, -0.25) is 4.79 Å². The predicted octanol–water partition coefficient (Wildman–Crippen LogP) is 6.54. The summed E-state index contributed by atoms with van der Waals surface area (Å²) in [6.07, 6.45) is 3.79. The highest BCUT2D eigenvalue weighted by Gasteiger charge is 2.37. The van der Waals surface area contributed by atoms with Crippen molar-refractivity contribution in [3.8, 4) is 11.3 Å². The number of carbonyl (C=O) groups excluding carboxylic acids is 1. The van der Waals surface area contributed by atoms with Crippen molar-refractivity contribution < 1.29 is 13.6 Å². The van der Waals surface area contributed by atoms with E-state index in [0.29, 0.717) is 28.4 Å². The summed E-state index contributed by atoms with van der Waals surface area (Å²) in [5.41, 5.74) is 2.72. The van der Waals surface area contributed by atoms with E-state index in [-0.39, 0.29) is 11.7 Å². The lowest BCUT2D eigenvalue weighted by molar-refractivity contribution is 0.0930. The molecular formula is C25H27FN2O2S. The molecule has 3 aromatic rings. The van der Waals surface area contributed by atoms with Crippen molar-refractivity contribution in [2.45, 2.75) is 52.6 Å². The number of halogens is 1. The maximum atomic E-state index is 14.1. The van der Waals surface area contributed by atoms with E-state index >= 15 is 0 Å². The van der Waals surface area contributed by atoms with Gasteiger partial charge in [0, 0.05) is 4.88 Å². The fourth-order valence-electron chi connectivity index (χ4n) is 4.71. The maximum Gasteiger partial charge on any atom is 0.256 e. The largest absolute Gasteiger partial charge is 0.457 e. The van der Waals surface area contributed by atoms with Gasteiger partial charge < -0.3 is 15.1 Å². The van der Waals surface area contributed by atoms with Gasteiger partial charge in [-0.25, -0.2) is 4.39 Å². The van der Waals surface area contributed by atoms with Gasteiger partial charge >= 0.3 is 0 Å². The molecule has 0 bridgehead atoms. The second-order valence-electron chi connectivity index (χ2n) is 9.22. The quantitative estimate of drug-likeness (QED) is 0.486. The number of hydrogen-bond acceptors (Lipinski definition) is 4. The molecule has 31 heavy (non-hydrogen) atoms. The van der Waals surface area contributed by atoms with Crippen LogP contribution in [0.5, 0.6) is 0 Å². The maximum absolute atomic E-state index is 14.1. The van der Waals surface area contributed by atoms with E-state index in [9.17, 15) is 9.18 Å². The van der Waals surface area contributed by atoms with Gasteiger partial charge in [-0.2, -0.15) is 0 Å². The molecule has 5 rings (SSSR count). The van der Waals surface area contributed by atoms with Crippen molar-refractivity contribution in [1.29, 1.82) is 0 Å². The van der Waals surface area contributed by atoms with E-state index < -0.39 is 6.17 Å². The van der Waals surface area contributed by atoms with Crippen LogP contribution in [-0.4, -0.2) is 5.91 Å². The molecule has 0 spiro atoms. The molecule has 1 aliphatic heterocycles. The Hall–Kier alpha value is -2.60. The Morgan fingerprint density at radius 2 is 2.00 bits per heavy atom. The van der Waals surface area contributed by atoms with Crippen LogP contribution in [0.25, 0.3) is 11.3 Å². The highest BCUT2D eigenvalue weighted by molar-refractivity contribution is 7.16. The molecular weight excluding hydrogens is 411 g/mol. The van der Waals surface area contributed by atoms with E-state index in [4.69, 9.17) is 4.42 Å². The van der Waals surface area contributed by atoms with Crippen LogP contribution >= 0.6 is 11.3 Å². The van der Waals surface area contributed by atoms with Crippen molar-refractivity contribution in [3.63, 3.8) is 0 Å². The molecule has 2 N–H and O–H groups in total. The third-order valence-electron chi connectivity index (χ3n) is 7.11. The number of fused-ring (bicyclic) bond motifs is 3. The predicted molar refractivity (Wildman–Crippen MR) is 122 cm³/mol. The molecule has 2 aromatic heterocycles. The number of anilines is 1. The molecule has 0 fully saturated rings. The Morgan fingerprint density at radius 1 is 1.19 bits per heavy atom. The lowest BCUT2D eigenvalue weighted by Crippen LogP contribution is -2.38. The molecule has 4 nitrogen and oxygen atoms in total. The zero-order valence-electron chi connectivity index (χ0n) is 18.0. The van der Waals surface area contributed by atoms with Crippen LogP contribution in [0.4, 0.5) is 9.39 Å². The molecule has 1 aromatic carbocycles. The third kappa shape index (κ3) is 3.47. The number of hydrogen-bond donors (Lipinski definition) is 2. The number of benzene rings is 1. The minimum absolute atomic E-state index is 0.0618. The van der Waals surface area contributed by atoms with Crippen LogP contribution in [0.1, 0.15) is 66.3 Å². The summed E-state index contributed by atoms with van der Waals surface area (Å²) in [4.78, 5) is 14.4. The zero-order valence-corrected chi connectivity index (χ0v) is 18.9. The standard InChI is InChI=1S/C25H27FN2O2S/c1-4-25(2,3)14-9-10-16-20(13-14)31-24-21(16)23(29)27-22(28-24)19-12-11-18(30-19)15-7-5-6-8-17(15)26/h5-8,11-12,14,22,28H,4,9-10,13H2,1-3H3,(H,27,29). The van der Waals surface area contributed by atoms with Crippen LogP contribution in [0.3, 0.4) is 0 Å². The Balaban J connectivity index is 1.41. The lowest BCUT2D eigenvalue weighted by Gasteiger charge is -2.36. The average molecular weight is 439 g/mol. The molecule has 2 unspecified atom stereocenters. The van der Waals surface area contributed by atoms with Gasteiger partial charge in [-0.15, -0.1) is 11.3 Å². The molecule has 2 aliphatic rings. The first-order valence-corrected chi connectivity index (χ1v) is 11.8. The second kappa shape index (κ2) is 7.52. The highest BCUT2D eigenvalue weighted by Crippen LogP contribution is 2.47. The fraction of sp³-hybridized carbons (Fsp3) is 0.400. The number of thiophene rings is 1. The molecule has 0 saturated carbocycles. The van der Waals surface area contributed by atoms with Crippen LogP contribution in [0.15, 0.2) is 40.8 Å². The van der Waals surface area contributed by atoms with Gasteiger partial charge in [0.2, 0.25) is 0 Å². The monoisotopic (exact) mass is 438 g/mol. The highest BCUT2D eigenvalue weighted by atomic mass is 32.1. The first-order chi connectivity index (χ1) is 14.9. The summed E-state index contributed by atoms with van der Waals surface area (Å²) in [7, 11) is 0. The van der Waals surface area contributed by atoms with Crippen molar-refractivity contribution in [2.75, 3.05) is 5.32 Å².